The number of carbonyl (C=O) groups is 2. The Morgan fingerprint density at radius 2 is 1.81 bits per heavy atom. The Morgan fingerprint density at radius 1 is 1.12 bits per heavy atom. The minimum atomic E-state index is -0.880. The van der Waals surface area contributed by atoms with E-state index in [0.29, 0.717) is 19.0 Å². The fraction of sp³-hybridized carbons (Fsp3) is 0.263. The van der Waals surface area contributed by atoms with Crippen molar-refractivity contribution in [1.82, 2.24) is 5.32 Å². The summed E-state index contributed by atoms with van der Waals surface area (Å²) >= 11 is 0. The van der Waals surface area contributed by atoms with E-state index in [1.54, 1.807) is 4.90 Å². The van der Waals surface area contributed by atoms with E-state index < -0.39 is 23.7 Å². The predicted octanol–water partition coefficient (Wildman–Crippen LogP) is 3.51. The minimum absolute atomic E-state index is 0.152. The summed E-state index contributed by atoms with van der Waals surface area (Å²) in [5.74, 6) is -1.83. The van der Waals surface area contributed by atoms with Crippen LogP contribution in [0.15, 0.2) is 36.4 Å². The number of nitrogens with zero attached hydrogens (tertiary/aromatic N) is 1. The van der Waals surface area contributed by atoms with Crippen LogP contribution in [-0.4, -0.2) is 24.5 Å². The van der Waals surface area contributed by atoms with Gasteiger partial charge in [0.25, 0.3) is 0 Å². The van der Waals surface area contributed by atoms with Crippen molar-refractivity contribution in [3.63, 3.8) is 0 Å². The van der Waals surface area contributed by atoms with Crippen molar-refractivity contribution in [3.05, 3.63) is 59.2 Å². The van der Waals surface area contributed by atoms with E-state index in [9.17, 15) is 18.4 Å². The van der Waals surface area contributed by atoms with Crippen molar-refractivity contribution in [2.45, 2.75) is 26.3 Å². The molecule has 0 unspecified atom stereocenters. The molecule has 1 heterocycles. The normalized spacial score (nSPS) is 16.7. The summed E-state index contributed by atoms with van der Waals surface area (Å²) in [5.41, 5.74) is 2.74. The van der Waals surface area contributed by atoms with Gasteiger partial charge in [0.1, 0.15) is 17.7 Å². The van der Waals surface area contributed by atoms with Gasteiger partial charge >= 0.3 is 6.03 Å². The van der Waals surface area contributed by atoms with Crippen LogP contribution in [0.3, 0.4) is 0 Å². The van der Waals surface area contributed by atoms with E-state index in [-0.39, 0.29) is 11.6 Å². The lowest BCUT2D eigenvalue weighted by Gasteiger charge is -2.18. The van der Waals surface area contributed by atoms with Crippen LogP contribution in [-0.2, 0) is 4.79 Å². The second kappa shape index (κ2) is 7.11. The zero-order valence-corrected chi connectivity index (χ0v) is 14.5. The molecular formula is C19H19F2N3O2. The van der Waals surface area contributed by atoms with Crippen molar-refractivity contribution in [2.75, 3.05) is 16.8 Å². The average molecular weight is 359 g/mol. The van der Waals surface area contributed by atoms with E-state index in [1.165, 1.54) is 0 Å². The molecule has 26 heavy (non-hydrogen) atoms. The van der Waals surface area contributed by atoms with Crippen LogP contribution in [0.4, 0.5) is 25.0 Å². The first-order chi connectivity index (χ1) is 12.3. The molecule has 1 fully saturated rings. The van der Waals surface area contributed by atoms with Gasteiger partial charge in [-0.3, -0.25) is 4.79 Å². The number of urea groups is 1. The maximum absolute atomic E-state index is 13.6. The summed E-state index contributed by atoms with van der Waals surface area (Å²) in [5, 5.41) is 4.84. The second-order valence-electron chi connectivity index (χ2n) is 6.40. The van der Waals surface area contributed by atoms with E-state index in [2.05, 4.69) is 10.6 Å². The average Bonchev–Trinajstić information content (AvgIpc) is 2.90. The molecule has 1 aliphatic rings. The third-order valence-corrected chi connectivity index (χ3v) is 4.21. The quantitative estimate of drug-likeness (QED) is 0.881. The Bertz CT molecular complexity index is 850. The highest BCUT2D eigenvalue weighted by Crippen LogP contribution is 2.24. The van der Waals surface area contributed by atoms with Gasteiger partial charge in [-0.15, -0.1) is 0 Å². The molecule has 2 N–H and O–H groups in total. The molecule has 0 aromatic heterocycles. The van der Waals surface area contributed by atoms with Gasteiger partial charge in [-0.25, -0.2) is 13.6 Å². The molecule has 0 saturated carbocycles. The Kier molecular flexibility index (Phi) is 4.88. The summed E-state index contributed by atoms with van der Waals surface area (Å²) in [7, 11) is 0. The van der Waals surface area contributed by atoms with E-state index >= 15 is 0 Å². The topological polar surface area (TPSA) is 61.4 Å². The third-order valence-electron chi connectivity index (χ3n) is 4.21. The van der Waals surface area contributed by atoms with Crippen LogP contribution < -0.4 is 15.5 Å². The Morgan fingerprint density at radius 3 is 2.46 bits per heavy atom. The molecule has 0 bridgehead atoms. The standard InChI is InChI=1S/C19H19F2N3O2/c1-11-7-12(2)9-14(8-11)24-6-5-17(18(24)25)23-19(26)22-16-4-3-13(20)10-15(16)21/h3-4,7-10,17H,5-6H2,1-2H3,(H2,22,23,26)/t17-/m1/s1. The fourth-order valence-corrected chi connectivity index (χ4v) is 3.08. The van der Waals surface area contributed by atoms with Gasteiger partial charge in [0.15, 0.2) is 0 Å². The SMILES string of the molecule is Cc1cc(C)cc(N2CC[C@@H](NC(=O)Nc3ccc(F)cc3F)C2=O)c1. The summed E-state index contributed by atoms with van der Waals surface area (Å²) in [6.45, 7) is 4.40. The third kappa shape index (κ3) is 3.82. The van der Waals surface area contributed by atoms with Gasteiger partial charge in [0.05, 0.1) is 5.69 Å². The minimum Gasteiger partial charge on any atom is -0.326 e. The molecule has 3 amide bonds. The molecule has 2 aromatic rings. The first kappa shape index (κ1) is 17.8. The summed E-state index contributed by atoms with van der Waals surface area (Å²) in [4.78, 5) is 26.3. The molecule has 2 aromatic carbocycles. The van der Waals surface area contributed by atoms with Crippen molar-refractivity contribution >= 4 is 23.3 Å². The van der Waals surface area contributed by atoms with Crippen LogP contribution >= 0.6 is 0 Å². The van der Waals surface area contributed by atoms with Crippen LogP contribution in [0.1, 0.15) is 17.5 Å². The molecule has 1 atom stereocenters. The van der Waals surface area contributed by atoms with Gasteiger partial charge in [-0.1, -0.05) is 6.07 Å². The molecule has 1 saturated heterocycles. The highest BCUT2D eigenvalue weighted by atomic mass is 19.1. The lowest BCUT2D eigenvalue weighted by Crippen LogP contribution is -2.43. The number of anilines is 2. The maximum Gasteiger partial charge on any atom is 0.319 e. The smallest absolute Gasteiger partial charge is 0.319 e. The zero-order chi connectivity index (χ0) is 18.8. The lowest BCUT2D eigenvalue weighted by molar-refractivity contribution is -0.118. The number of hydrogen-bond donors (Lipinski definition) is 2. The van der Waals surface area contributed by atoms with E-state index in [4.69, 9.17) is 0 Å². The van der Waals surface area contributed by atoms with E-state index in [1.807, 2.05) is 32.0 Å². The molecule has 5 nitrogen and oxygen atoms in total. The second-order valence-corrected chi connectivity index (χ2v) is 6.40. The fourth-order valence-electron chi connectivity index (χ4n) is 3.08. The van der Waals surface area contributed by atoms with Crippen LogP contribution in [0.25, 0.3) is 0 Å². The summed E-state index contributed by atoms with van der Waals surface area (Å²) in [6.07, 6.45) is 0.450. The first-order valence-electron chi connectivity index (χ1n) is 8.26. The van der Waals surface area contributed by atoms with Gasteiger partial charge in [-0.05, 0) is 55.7 Å². The molecule has 0 aliphatic carbocycles. The maximum atomic E-state index is 13.6. The highest BCUT2D eigenvalue weighted by molar-refractivity contribution is 6.02. The van der Waals surface area contributed by atoms with Gasteiger partial charge in [0.2, 0.25) is 5.91 Å². The van der Waals surface area contributed by atoms with Crippen molar-refractivity contribution in [3.8, 4) is 0 Å². The number of hydrogen-bond acceptors (Lipinski definition) is 2. The number of aryl methyl sites for hydroxylation is 2. The predicted molar refractivity (Wildman–Crippen MR) is 95.2 cm³/mol. The van der Waals surface area contributed by atoms with E-state index in [0.717, 1.165) is 28.9 Å². The number of benzene rings is 2. The molecule has 7 heteroatoms. The lowest BCUT2D eigenvalue weighted by atomic mass is 10.1. The van der Waals surface area contributed by atoms with Gasteiger partial charge in [-0.2, -0.15) is 0 Å². The number of rotatable bonds is 3. The monoisotopic (exact) mass is 359 g/mol. The largest absolute Gasteiger partial charge is 0.326 e. The Labute approximate surface area is 150 Å². The molecule has 1 aliphatic heterocycles. The van der Waals surface area contributed by atoms with Crippen molar-refractivity contribution < 1.29 is 18.4 Å². The van der Waals surface area contributed by atoms with Gasteiger partial charge in [0, 0.05) is 18.3 Å². The van der Waals surface area contributed by atoms with Crippen LogP contribution in [0, 0.1) is 25.5 Å². The van der Waals surface area contributed by atoms with Gasteiger partial charge < -0.3 is 15.5 Å². The summed E-state index contributed by atoms with van der Waals surface area (Å²) < 4.78 is 26.5. The van der Waals surface area contributed by atoms with Crippen molar-refractivity contribution in [1.29, 1.82) is 0 Å². The van der Waals surface area contributed by atoms with Crippen molar-refractivity contribution in [2.24, 2.45) is 0 Å². The zero-order valence-electron chi connectivity index (χ0n) is 14.5. The molecular weight excluding hydrogens is 340 g/mol. The molecule has 3 rings (SSSR count). The van der Waals surface area contributed by atoms with Crippen LogP contribution in [0.2, 0.25) is 0 Å². The Hall–Kier alpha value is -2.96. The number of amides is 3. The van der Waals surface area contributed by atoms with Crippen LogP contribution in [0.5, 0.6) is 0 Å². The molecule has 0 spiro atoms. The first-order valence-corrected chi connectivity index (χ1v) is 8.26. The number of halogens is 2. The number of nitrogens with one attached hydrogen (secondary N) is 2. The number of carbonyl (C=O) groups excluding carboxylic acids is 2. The molecule has 0 radical (unpaired) electrons. The molecule has 136 valence electrons. The Balaban J connectivity index is 1.65. The highest BCUT2D eigenvalue weighted by Gasteiger charge is 2.33. The summed E-state index contributed by atoms with van der Waals surface area (Å²) in [6, 6.07) is 7.30.